The molecule has 0 saturated heterocycles. The molecule has 0 radical (unpaired) electrons. The maximum atomic E-state index is 11.9. The number of benzene rings is 2. The van der Waals surface area contributed by atoms with Crippen LogP contribution in [0.25, 0.3) is 0 Å². The molecule has 3 nitrogen and oxygen atoms in total. The van der Waals surface area contributed by atoms with Gasteiger partial charge in [0.2, 0.25) is 0 Å². The Morgan fingerprint density at radius 3 is 2.48 bits per heavy atom. The van der Waals surface area contributed by atoms with Gasteiger partial charge in [-0.25, -0.2) is 5.43 Å². The molecule has 1 N–H and O–H groups in total. The second-order valence-corrected chi connectivity index (χ2v) is 5.57. The van der Waals surface area contributed by atoms with Crippen molar-refractivity contribution in [1.29, 1.82) is 0 Å². The van der Waals surface area contributed by atoms with Crippen LogP contribution in [0.5, 0.6) is 0 Å². The summed E-state index contributed by atoms with van der Waals surface area (Å²) in [5, 5.41) is 5.28. The smallest absolute Gasteiger partial charge is 0.267 e. The number of halogens is 4. The highest BCUT2D eigenvalue weighted by Gasteiger charge is 2.07. The molecule has 108 valence electrons. The average molecular weight is 362 g/mol. The van der Waals surface area contributed by atoms with E-state index in [0.717, 1.165) is 0 Å². The van der Waals surface area contributed by atoms with Crippen molar-refractivity contribution in [3.63, 3.8) is 0 Å². The lowest BCUT2D eigenvalue weighted by molar-refractivity contribution is 0.0955. The van der Waals surface area contributed by atoms with Crippen LogP contribution in [0.1, 0.15) is 15.9 Å². The number of amides is 1. The van der Waals surface area contributed by atoms with Gasteiger partial charge in [0.05, 0.1) is 26.3 Å². The summed E-state index contributed by atoms with van der Waals surface area (Å²) >= 11 is 23.5. The first-order chi connectivity index (χ1) is 9.99. The minimum Gasteiger partial charge on any atom is -0.267 e. The van der Waals surface area contributed by atoms with E-state index in [1.54, 1.807) is 24.3 Å². The van der Waals surface area contributed by atoms with Crippen molar-refractivity contribution in [1.82, 2.24) is 5.43 Å². The Hall–Kier alpha value is -1.26. The fourth-order valence-electron chi connectivity index (χ4n) is 1.48. The lowest BCUT2D eigenvalue weighted by Crippen LogP contribution is -2.17. The molecule has 7 heteroatoms. The first kappa shape index (κ1) is 16.1. The van der Waals surface area contributed by atoms with Gasteiger partial charge in [-0.3, -0.25) is 4.79 Å². The van der Waals surface area contributed by atoms with Crippen LogP contribution in [0.3, 0.4) is 0 Å². The lowest BCUT2D eigenvalue weighted by Gasteiger charge is -2.02. The van der Waals surface area contributed by atoms with E-state index < -0.39 is 5.91 Å². The number of nitrogens with zero attached hydrogens (tertiary/aromatic N) is 1. The predicted molar refractivity (Wildman–Crippen MR) is 88.0 cm³/mol. The van der Waals surface area contributed by atoms with E-state index in [9.17, 15) is 4.79 Å². The van der Waals surface area contributed by atoms with Gasteiger partial charge in [-0.05, 0) is 24.3 Å². The molecular weight excluding hydrogens is 354 g/mol. The van der Waals surface area contributed by atoms with Gasteiger partial charge in [-0.15, -0.1) is 0 Å². The minimum atomic E-state index is -0.414. The molecule has 2 aromatic rings. The normalized spacial score (nSPS) is 10.9. The van der Waals surface area contributed by atoms with Crippen molar-refractivity contribution < 1.29 is 4.79 Å². The summed E-state index contributed by atoms with van der Waals surface area (Å²) < 4.78 is 0. The van der Waals surface area contributed by atoms with Gasteiger partial charge in [0.1, 0.15) is 0 Å². The van der Waals surface area contributed by atoms with Crippen molar-refractivity contribution >= 4 is 58.5 Å². The Morgan fingerprint density at radius 2 is 1.76 bits per heavy atom. The first-order valence-corrected chi connectivity index (χ1v) is 7.22. The molecule has 0 aliphatic heterocycles. The van der Waals surface area contributed by atoms with Gasteiger partial charge in [0.15, 0.2) is 0 Å². The fraction of sp³-hybridized carbons (Fsp3) is 0. The second kappa shape index (κ2) is 7.14. The summed E-state index contributed by atoms with van der Waals surface area (Å²) in [6.45, 7) is 0. The zero-order valence-corrected chi connectivity index (χ0v) is 13.4. The molecule has 0 saturated carbocycles. The molecule has 0 aromatic heterocycles. The molecule has 0 aliphatic rings. The number of carbonyl (C=O) groups excluding carboxylic acids is 1. The van der Waals surface area contributed by atoms with Gasteiger partial charge in [0.25, 0.3) is 5.91 Å². The summed E-state index contributed by atoms with van der Waals surface area (Å²) in [7, 11) is 0. The predicted octanol–water partition coefficient (Wildman–Crippen LogP) is 5.06. The lowest BCUT2D eigenvalue weighted by atomic mass is 10.2. The zero-order chi connectivity index (χ0) is 15.4. The summed E-state index contributed by atoms with van der Waals surface area (Å²) in [5.41, 5.74) is 3.31. The average Bonchev–Trinajstić information content (AvgIpc) is 2.46. The maximum absolute atomic E-state index is 11.9. The van der Waals surface area contributed by atoms with Gasteiger partial charge in [-0.1, -0.05) is 58.5 Å². The monoisotopic (exact) mass is 360 g/mol. The van der Waals surface area contributed by atoms with E-state index in [1.165, 1.54) is 18.3 Å². The Bertz CT molecular complexity index is 716. The molecule has 0 heterocycles. The van der Waals surface area contributed by atoms with Crippen LogP contribution in [-0.4, -0.2) is 12.1 Å². The number of nitrogens with one attached hydrogen (secondary N) is 1. The van der Waals surface area contributed by atoms with E-state index >= 15 is 0 Å². The van der Waals surface area contributed by atoms with Crippen molar-refractivity contribution in [2.24, 2.45) is 5.10 Å². The van der Waals surface area contributed by atoms with Gasteiger partial charge in [-0.2, -0.15) is 5.10 Å². The molecule has 21 heavy (non-hydrogen) atoms. The van der Waals surface area contributed by atoms with Crippen LogP contribution in [0.2, 0.25) is 20.1 Å². The van der Waals surface area contributed by atoms with Gasteiger partial charge < -0.3 is 0 Å². The Labute approximate surface area is 141 Å². The van der Waals surface area contributed by atoms with Crippen molar-refractivity contribution in [2.75, 3.05) is 0 Å². The molecule has 0 atom stereocenters. The molecule has 2 rings (SSSR count). The van der Waals surface area contributed by atoms with Crippen molar-refractivity contribution in [3.05, 3.63) is 67.6 Å². The molecule has 2 aromatic carbocycles. The molecule has 0 unspecified atom stereocenters. The largest absolute Gasteiger partial charge is 0.271 e. The fourth-order valence-corrected chi connectivity index (χ4v) is 2.14. The summed E-state index contributed by atoms with van der Waals surface area (Å²) in [5.74, 6) is -0.414. The highest BCUT2D eigenvalue weighted by molar-refractivity contribution is 6.43. The van der Waals surface area contributed by atoms with Crippen LogP contribution >= 0.6 is 46.4 Å². The van der Waals surface area contributed by atoms with Crippen LogP contribution < -0.4 is 5.43 Å². The van der Waals surface area contributed by atoms with E-state index in [4.69, 9.17) is 46.4 Å². The van der Waals surface area contributed by atoms with Crippen molar-refractivity contribution in [2.45, 2.75) is 0 Å². The maximum Gasteiger partial charge on any atom is 0.271 e. The number of hydrazone groups is 1. The van der Waals surface area contributed by atoms with E-state index in [-0.39, 0.29) is 0 Å². The van der Waals surface area contributed by atoms with Crippen LogP contribution in [0.4, 0.5) is 0 Å². The minimum absolute atomic E-state index is 0.297. The van der Waals surface area contributed by atoms with Gasteiger partial charge in [0, 0.05) is 11.1 Å². The SMILES string of the molecule is O=C(N/N=C\c1cccc(Cl)c1Cl)c1ccc(Cl)c(Cl)c1. The first-order valence-electron chi connectivity index (χ1n) is 5.71. The van der Waals surface area contributed by atoms with Gasteiger partial charge >= 0.3 is 0 Å². The number of hydrogen-bond donors (Lipinski definition) is 1. The van der Waals surface area contributed by atoms with Crippen molar-refractivity contribution in [3.8, 4) is 0 Å². The highest BCUT2D eigenvalue weighted by Crippen LogP contribution is 2.24. The number of hydrogen-bond acceptors (Lipinski definition) is 2. The second-order valence-electron chi connectivity index (χ2n) is 3.97. The quantitative estimate of drug-likeness (QED) is 0.602. The molecule has 0 bridgehead atoms. The van der Waals surface area contributed by atoms with Crippen LogP contribution in [0.15, 0.2) is 41.5 Å². The standard InChI is InChI=1S/C14H8Cl4N2O/c15-10-5-4-8(6-12(10)17)14(21)20-19-7-9-2-1-3-11(16)13(9)18/h1-7H,(H,20,21)/b19-7-. The molecular formula is C14H8Cl4N2O. The van der Waals surface area contributed by atoms with E-state index in [2.05, 4.69) is 10.5 Å². The third kappa shape index (κ3) is 4.11. The summed E-state index contributed by atoms with van der Waals surface area (Å²) in [6, 6.07) is 9.66. The summed E-state index contributed by atoms with van der Waals surface area (Å²) in [6.07, 6.45) is 1.41. The third-order valence-electron chi connectivity index (χ3n) is 2.53. The molecule has 0 fully saturated rings. The molecule has 0 aliphatic carbocycles. The Morgan fingerprint density at radius 1 is 1.00 bits per heavy atom. The third-order valence-corrected chi connectivity index (χ3v) is 4.11. The Balaban J connectivity index is 2.08. The molecule has 0 spiro atoms. The number of rotatable bonds is 3. The van der Waals surface area contributed by atoms with E-state index in [1.807, 2.05) is 0 Å². The summed E-state index contributed by atoms with van der Waals surface area (Å²) in [4.78, 5) is 11.9. The number of carbonyl (C=O) groups is 1. The molecule has 1 amide bonds. The van der Waals surface area contributed by atoms with E-state index in [0.29, 0.717) is 31.2 Å². The van der Waals surface area contributed by atoms with Crippen LogP contribution in [0, 0.1) is 0 Å². The zero-order valence-electron chi connectivity index (χ0n) is 10.4. The highest BCUT2D eigenvalue weighted by atomic mass is 35.5. The Kier molecular flexibility index (Phi) is 5.48. The topological polar surface area (TPSA) is 41.5 Å². The van der Waals surface area contributed by atoms with Crippen LogP contribution in [-0.2, 0) is 0 Å².